The van der Waals surface area contributed by atoms with Crippen LogP contribution in [0.5, 0.6) is 0 Å². The molecule has 0 aliphatic rings. The molecular formula is C4H11NSi. The molecule has 0 unspecified atom stereocenters. The highest BCUT2D eigenvalue weighted by Gasteiger charge is 1.68. The van der Waals surface area contributed by atoms with Crippen molar-refractivity contribution >= 4 is 9.68 Å². The second kappa shape index (κ2) is 4.92. The fourth-order valence-electron chi connectivity index (χ4n) is 0.246. The highest BCUT2D eigenvalue weighted by Crippen LogP contribution is 1.50. The molecule has 2 heteroatoms. The van der Waals surface area contributed by atoms with Gasteiger partial charge in [0.15, 0.2) is 0 Å². The first kappa shape index (κ1) is 5.92. The molecule has 0 bridgehead atoms. The standard InChI is InChI=1S/C4H11NSi/c1-3-5-6-4-2/h4-5H,2-3,6H2,1H3. The van der Waals surface area contributed by atoms with Gasteiger partial charge in [0, 0.05) is 0 Å². The van der Waals surface area contributed by atoms with Crippen LogP contribution in [0.15, 0.2) is 12.3 Å². The Morgan fingerprint density at radius 1 is 2.00 bits per heavy atom. The van der Waals surface area contributed by atoms with Crippen LogP contribution in [0.3, 0.4) is 0 Å². The minimum absolute atomic E-state index is 0.0644. The van der Waals surface area contributed by atoms with Gasteiger partial charge in [0.2, 0.25) is 0 Å². The number of hydrogen-bond donors (Lipinski definition) is 1. The van der Waals surface area contributed by atoms with E-state index in [-0.39, 0.29) is 9.68 Å². The average molecular weight is 101 g/mol. The number of hydrogen-bond acceptors (Lipinski definition) is 1. The molecule has 0 aromatic carbocycles. The third kappa shape index (κ3) is 3.92. The van der Waals surface area contributed by atoms with Crippen molar-refractivity contribution in [1.82, 2.24) is 4.98 Å². The zero-order chi connectivity index (χ0) is 4.83. The second-order valence-electron chi connectivity index (χ2n) is 1.10. The van der Waals surface area contributed by atoms with Crippen LogP contribution in [-0.2, 0) is 0 Å². The Morgan fingerprint density at radius 3 is 2.83 bits per heavy atom. The van der Waals surface area contributed by atoms with Crippen LogP contribution in [0.25, 0.3) is 0 Å². The molecule has 36 valence electrons. The van der Waals surface area contributed by atoms with Gasteiger partial charge in [-0.1, -0.05) is 12.6 Å². The van der Waals surface area contributed by atoms with E-state index in [0.29, 0.717) is 0 Å². The molecule has 0 aliphatic carbocycles. The SMILES string of the molecule is C=C[SiH2]NCC. The van der Waals surface area contributed by atoms with Gasteiger partial charge in [-0.25, -0.2) is 0 Å². The van der Waals surface area contributed by atoms with Gasteiger partial charge < -0.3 is 4.98 Å². The van der Waals surface area contributed by atoms with E-state index in [0.717, 1.165) is 6.54 Å². The van der Waals surface area contributed by atoms with Crippen LogP contribution in [-0.4, -0.2) is 16.2 Å². The maximum absolute atomic E-state index is 3.60. The lowest BCUT2D eigenvalue weighted by Crippen LogP contribution is -2.15. The Kier molecular flexibility index (Phi) is 4.85. The Bertz CT molecular complexity index is 36.5. The average Bonchev–Trinajstić information content (AvgIpc) is 1.61. The Labute approximate surface area is 41.3 Å². The Balaban J connectivity index is 2.49. The molecule has 0 fully saturated rings. The Hall–Kier alpha value is -0.0831. The summed E-state index contributed by atoms with van der Waals surface area (Å²) >= 11 is 0. The van der Waals surface area contributed by atoms with E-state index < -0.39 is 0 Å². The van der Waals surface area contributed by atoms with Gasteiger partial charge in [-0.3, -0.25) is 0 Å². The van der Waals surface area contributed by atoms with Crippen molar-refractivity contribution in [3.63, 3.8) is 0 Å². The summed E-state index contributed by atoms with van der Waals surface area (Å²) in [4.78, 5) is 3.22. The molecule has 0 amide bonds. The second-order valence-corrected chi connectivity index (χ2v) is 2.58. The van der Waals surface area contributed by atoms with Crippen molar-refractivity contribution in [1.29, 1.82) is 0 Å². The molecule has 0 spiro atoms. The lowest BCUT2D eigenvalue weighted by atomic mass is 10.8. The molecule has 1 N–H and O–H groups in total. The molecular weight excluding hydrogens is 90.1 g/mol. The van der Waals surface area contributed by atoms with E-state index in [1.54, 1.807) is 0 Å². The summed E-state index contributed by atoms with van der Waals surface area (Å²) in [6, 6.07) is 0. The summed E-state index contributed by atoms with van der Waals surface area (Å²) in [5, 5.41) is 0. The first-order chi connectivity index (χ1) is 2.91. The molecule has 0 heterocycles. The summed E-state index contributed by atoms with van der Waals surface area (Å²) in [5.41, 5.74) is 1.99. The minimum Gasteiger partial charge on any atom is -0.339 e. The fourth-order valence-corrected chi connectivity index (χ4v) is 0.739. The summed E-state index contributed by atoms with van der Waals surface area (Å²) in [7, 11) is -0.0644. The van der Waals surface area contributed by atoms with E-state index in [1.807, 2.05) is 5.70 Å². The predicted octanol–water partition coefficient (Wildman–Crippen LogP) is -0.177. The van der Waals surface area contributed by atoms with Crippen molar-refractivity contribution in [2.75, 3.05) is 6.54 Å². The van der Waals surface area contributed by atoms with Gasteiger partial charge in [0.25, 0.3) is 0 Å². The van der Waals surface area contributed by atoms with Crippen LogP contribution in [0.1, 0.15) is 6.92 Å². The van der Waals surface area contributed by atoms with E-state index in [9.17, 15) is 0 Å². The zero-order valence-electron chi connectivity index (χ0n) is 4.20. The molecule has 0 radical (unpaired) electrons. The van der Waals surface area contributed by atoms with E-state index in [2.05, 4.69) is 18.5 Å². The summed E-state index contributed by atoms with van der Waals surface area (Å²) in [5.74, 6) is 0. The molecule has 0 aromatic heterocycles. The van der Waals surface area contributed by atoms with Crippen molar-refractivity contribution in [2.45, 2.75) is 6.92 Å². The van der Waals surface area contributed by atoms with Crippen LogP contribution < -0.4 is 4.98 Å². The quantitative estimate of drug-likeness (QED) is 0.384. The summed E-state index contributed by atoms with van der Waals surface area (Å²) in [6.45, 7) is 6.80. The topological polar surface area (TPSA) is 12.0 Å². The third-order valence-electron chi connectivity index (χ3n) is 0.539. The smallest absolute Gasteiger partial charge is 0.116 e. The van der Waals surface area contributed by atoms with Crippen LogP contribution in [0.2, 0.25) is 0 Å². The van der Waals surface area contributed by atoms with Crippen molar-refractivity contribution in [2.24, 2.45) is 0 Å². The van der Waals surface area contributed by atoms with Crippen molar-refractivity contribution < 1.29 is 0 Å². The first-order valence-electron chi connectivity index (χ1n) is 2.23. The normalized spacial score (nSPS) is 10.2. The Morgan fingerprint density at radius 2 is 2.67 bits per heavy atom. The lowest BCUT2D eigenvalue weighted by Gasteiger charge is -1.87. The third-order valence-corrected chi connectivity index (χ3v) is 1.62. The number of nitrogens with one attached hydrogen (secondary N) is 1. The fraction of sp³-hybridized carbons (Fsp3) is 0.500. The van der Waals surface area contributed by atoms with Crippen LogP contribution >= 0.6 is 0 Å². The summed E-state index contributed by atoms with van der Waals surface area (Å²) < 4.78 is 0. The van der Waals surface area contributed by atoms with Crippen molar-refractivity contribution in [3.05, 3.63) is 12.3 Å². The van der Waals surface area contributed by atoms with Gasteiger partial charge >= 0.3 is 0 Å². The van der Waals surface area contributed by atoms with Crippen molar-refractivity contribution in [3.8, 4) is 0 Å². The van der Waals surface area contributed by atoms with Crippen LogP contribution in [0, 0.1) is 0 Å². The molecule has 0 saturated carbocycles. The van der Waals surface area contributed by atoms with E-state index in [1.165, 1.54) is 0 Å². The van der Waals surface area contributed by atoms with Gasteiger partial charge in [0.05, 0.1) is 0 Å². The molecule has 0 rings (SSSR count). The summed E-state index contributed by atoms with van der Waals surface area (Å²) in [6.07, 6.45) is 0. The molecule has 0 saturated heterocycles. The minimum atomic E-state index is -0.0644. The maximum Gasteiger partial charge on any atom is 0.116 e. The van der Waals surface area contributed by atoms with Crippen LogP contribution in [0.4, 0.5) is 0 Å². The largest absolute Gasteiger partial charge is 0.339 e. The van der Waals surface area contributed by atoms with Gasteiger partial charge in [-0.05, 0) is 6.54 Å². The zero-order valence-corrected chi connectivity index (χ0v) is 5.61. The lowest BCUT2D eigenvalue weighted by molar-refractivity contribution is 1.01. The molecule has 0 aliphatic heterocycles. The van der Waals surface area contributed by atoms with E-state index >= 15 is 0 Å². The molecule has 0 atom stereocenters. The molecule has 0 aromatic rings. The van der Waals surface area contributed by atoms with E-state index in [4.69, 9.17) is 0 Å². The predicted molar refractivity (Wildman–Crippen MR) is 32.4 cm³/mol. The maximum atomic E-state index is 3.60. The molecule has 6 heavy (non-hydrogen) atoms. The monoisotopic (exact) mass is 101 g/mol. The molecule has 1 nitrogen and oxygen atoms in total. The highest BCUT2D eigenvalue weighted by molar-refractivity contribution is 6.38. The van der Waals surface area contributed by atoms with Gasteiger partial charge in [-0.2, -0.15) is 0 Å². The van der Waals surface area contributed by atoms with Gasteiger partial charge in [-0.15, -0.1) is 6.58 Å². The highest BCUT2D eigenvalue weighted by atomic mass is 28.2. The first-order valence-corrected chi connectivity index (χ1v) is 3.75. The van der Waals surface area contributed by atoms with Gasteiger partial charge in [0.1, 0.15) is 9.68 Å². The number of rotatable bonds is 3.